The Bertz CT molecular complexity index is 406. The Hall–Kier alpha value is -0.980. The number of rotatable bonds is 1. The van der Waals surface area contributed by atoms with Gasteiger partial charge in [-0.05, 0) is 18.3 Å². The monoisotopic (exact) mass is 322 g/mol. The molecule has 0 radical (unpaired) electrons. The van der Waals surface area contributed by atoms with Crippen LogP contribution in [0.3, 0.4) is 0 Å². The van der Waals surface area contributed by atoms with Gasteiger partial charge in [0.25, 0.3) is 0 Å². The van der Waals surface area contributed by atoms with Crippen molar-refractivity contribution in [1.82, 2.24) is 10.2 Å². The molecule has 2 fully saturated rings. The predicted octanol–water partition coefficient (Wildman–Crippen LogP) is 2.91. The van der Waals surface area contributed by atoms with Crippen molar-refractivity contribution in [2.75, 3.05) is 13.1 Å². The van der Waals surface area contributed by atoms with Crippen LogP contribution < -0.4 is 5.32 Å². The molecule has 1 aliphatic heterocycles. The number of amides is 2. The van der Waals surface area contributed by atoms with Crippen molar-refractivity contribution in [1.29, 1.82) is 0 Å². The Morgan fingerprint density at radius 3 is 2.36 bits per heavy atom. The van der Waals surface area contributed by atoms with E-state index in [0.29, 0.717) is 11.8 Å². The summed E-state index contributed by atoms with van der Waals surface area (Å²) in [5.41, 5.74) is -2.66. The Kier molecular flexibility index (Phi) is 4.94. The number of urea groups is 1. The lowest BCUT2D eigenvalue weighted by Crippen LogP contribution is -2.57. The van der Waals surface area contributed by atoms with Gasteiger partial charge in [-0.3, -0.25) is 0 Å². The first-order chi connectivity index (χ1) is 10.1. The van der Waals surface area contributed by atoms with E-state index < -0.39 is 24.6 Å². The van der Waals surface area contributed by atoms with Crippen LogP contribution in [0.15, 0.2) is 0 Å². The van der Waals surface area contributed by atoms with Crippen molar-refractivity contribution in [3.63, 3.8) is 0 Å². The summed E-state index contributed by atoms with van der Waals surface area (Å²) in [6.45, 7) is 4.12. The van der Waals surface area contributed by atoms with Crippen molar-refractivity contribution in [3.05, 3.63) is 0 Å². The topological polar surface area (TPSA) is 52.6 Å². The van der Waals surface area contributed by atoms with Crippen LogP contribution in [0, 0.1) is 11.8 Å². The molecule has 0 aromatic rings. The SMILES string of the molecule is CC1CCCC(NC(=O)N2CCC(O)(C(F)(F)F)CC2)C1C. The van der Waals surface area contributed by atoms with Crippen LogP contribution in [0.1, 0.15) is 46.0 Å². The van der Waals surface area contributed by atoms with Crippen LogP contribution in [0.25, 0.3) is 0 Å². The Labute approximate surface area is 129 Å². The van der Waals surface area contributed by atoms with Gasteiger partial charge in [-0.15, -0.1) is 0 Å². The smallest absolute Gasteiger partial charge is 0.380 e. The number of carbonyl (C=O) groups is 1. The quantitative estimate of drug-likeness (QED) is 0.780. The summed E-state index contributed by atoms with van der Waals surface area (Å²) in [6, 6.07) is -0.227. The molecule has 1 saturated heterocycles. The maximum atomic E-state index is 12.8. The van der Waals surface area contributed by atoms with E-state index >= 15 is 0 Å². The normalized spacial score (nSPS) is 32.6. The molecular weight excluding hydrogens is 297 g/mol. The third-order valence-corrected chi connectivity index (χ3v) is 5.42. The Morgan fingerprint density at radius 2 is 1.82 bits per heavy atom. The van der Waals surface area contributed by atoms with Gasteiger partial charge >= 0.3 is 12.2 Å². The molecule has 1 saturated carbocycles. The number of likely N-dealkylation sites (tertiary alicyclic amines) is 1. The van der Waals surface area contributed by atoms with E-state index in [0.717, 1.165) is 19.3 Å². The first-order valence-corrected chi connectivity index (χ1v) is 7.98. The fraction of sp³-hybridized carbons (Fsp3) is 0.933. The number of hydrogen-bond donors (Lipinski definition) is 2. The molecule has 2 rings (SSSR count). The van der Waals surface area contributed by atoms with Crippen LogP contribution in [0.2, 0.25) is 0 Å². The molecule has 7 heteroatoms. The first-order valence-electron chi connectivity index (χ1n) is 7.98. The maximum Gasteiger partial charge on any atom is 0.417 e. The van der Waals surface area contributed by atoms with Gasteiger partial charge < -0.3 is 15.3 Å². The summed E-state index contributed by atoms with van der Waals surface area (Å²) in [6.07, 6.45) is -2.43. The molecule has 2 N–H and O–H groups in total. The second-order valence-corrected chi connectivity index (χ2v) is 6.84. The Morgan fingerprint density at radius 1 is 1.23 bits per heavy atom. The third kappa shape index (κ3) is 3.50. The molecule has 1 aliphatic carbocycles. The van der Waals surface area contributed by atoms with Gasteiger partial charge in [-0.25, -0.2) is 4.79 Å². The lowest BCUT2D eigenvalue weighted by molar-refractivity contribution is -0.271. The van der Waals surface area contributed by atoms with Gasteiger partial charge in [0.1, 0.15) is 0 Å². The highest BCUT2D eigenvalue weighted by molar-refractivity contribution is 5.74. The highest BCUT2D eigenvalue weighted by atomic mass is 19.4. The van der Waals surface area contributed by atoms with Gasteiger partial charge in [-0.1, -0.05) is 26.7 Å². The van der Waals surface area contributed by atoms with E-state index in [-0.39, 0.29) is 25.2 Å². The van der Waals surface area contributed by atoms with Crippen molar-refractivity contribution < 1.29 is 23.1 Å². The number of nitrogens with one attached hydrogen (secondary N) is 1. The fourth-order valence-electron chi connectivity index (χ4n) is 3.40. The lowest BCUT2D eigenvalue weighted by atomic mass is 9.78. The summed E-state index contributed by atoms with van der Waals surface area (Å²) >= 11 is 0. The first kappa shape index (κ1) is 17.4. The standard InChI is InChI=1S/C15H25F3N2O2/c1-10-4-3-5-12(11(10)2)19-13(21)20-8-6-14(22,7-9-20)15(16,17)18/h10-12,22H,3-9H2,1-2H3,(H,19,21). The number of piperidine rings is 1. The van der Waals surface area contributed by atoms with Gasteiger partial charge in [0, 0.05) is 32.0 Å². The summed E-state index contributed by atoms with van der Waals surface area (Å²) < 4.78 is 38.3. The molecule has 2 amide bonds. The molecule has 2 aliphatic rings. The zero-order valence-electron chi connectivity index (χ0n) is 13.1. The zero-order valence-corrected chi connectivity index (χ0v) is 13.1. The second-order valence-electron chi connectivity index (χ2n) is 6.84. The van der Waals surface area contributed by atoms with Crippen LogP contribution in [-0.4, -0.2) is 46.9 Å². The average Bonchev–Trinajstić information content (AvgIpc) is 2.43. The minimum atomic E-state index is -4.64. The molecule has 1 heterocycles. The number of halogens is 3. The number of alkyl halides is 3. The van der Waals surface area contributed by atoms with E-state index in [2.05, 4.69) is 19.2 Å². The predicted molar refractivity (Wildman–Crippen MR) is 76.3 cm³/mol. The van der Waals surface area contributed by atoms with Crippen LogP contribution in [-0.2, 0) is 0 Å². The molecule has 22 heavy (non-hydrogen) atoms. The number of aliphatic hydroxyl groups is 1. The molecule has 3 unspecified atom stereocenters. The van der Waals surface area contributed by atoms with Crippen molar-refractivity contribution in [2.45, 2.75) is 63.8 Å². The second kappa shape index (κ2) is 6.26. The molecule has 0 aromatic heterocycles. The molecule has 0 bridgehead atoms. The minimum Gasteiger partial charge on any atom is -0.380 e. The summed E-state index contributed by atoms with van der Waals surface area (Å²) in [4.78, 5) is 13.6. The van der Waals surface area contributed by atoms with Crippen molar-refractivity contribution in [3.8, 4) is 0 Å². The van der Waals surface area contributed by atoms with Gasteiger partial charge in [0.15, 0.2) is 5.60 Å². The van der Waals surface area contributed by atoms with Crippen LogP contribution >= 0.6 is 0 Å². The Balaban J connectivity index is 1.88. The molecule has 3 atom stereocenters. The number of nitrogens with zero attached hydrogens (tertiary/aromatic N) is 1. The van der Waals surface area contributed by atoms with Crippen molar-refractivity contribution in [2.24, 2.45) is 11.8 Å². The number of carbonyl (C=O) groups excluding carboxylic acids is 1. The van der Waals surface area contributed by atoms with E-state index in [1.807, 2.05) is 0 Å². The number of hydrogen-bond acceptors (Lipinski definition) is 2. The van der Waals surface area contributed by atoms with E-state index in [1.54, 1.807) is 0 Å². The van der Waals surface area contributed by atoms with E-state index in [9.17, 15) is 23.1 Å². The average molecular weight is 322 g/mol. The molecular formula is C15H25F3N2O2. The van der Waals surface area contributed by atoms with E-state index in [4.69, 9.17) is 0 Å². The molecule has 0 aromatic carbocycles. The van der Waals surface area contributed by atoms with Gasteiger partial charge in [-0.2, -0.15) is 13.2 Å². The fourth-order valence-corrected chi connectivity index (χ4v) is 3.40. The highest BCUT2D eigenvalue weighted by Crippen LogP contribution is 2.38. The molecule has 4 nitrogen and oxygen atoms in total. The van der Waals surface area contributed by atoms with Crippen LogP contribution in [0.5, 0.6) is 0 Å². The van der Waals surface area contributed by atoms with Crippen LogP contribution in [0.4, 0.5) is 18.0 Å². The maximum absolute atomic E-state index is 12.8. The molecule has 128 valence electrons. The zero-order chi connectivity index (χ0) is 16.5. The van der Waals surface area contributed by atoms with Crippen molar-refractivity contribution >= 4 is 6.03 Å². The lowest BCUT2D eigenvalue weighted by Gasteiger charge is -2.40. The summed E-state index contributed by atoms with van der Waals surface area (Å²) in [5.74, 6) is 0.908. The van der Waals surface area contributed by atoms with E-state index in [1.165, 1.54) is 4.90 Å². The third-order valence-electron chi connectivity index (χ3n) is 5.42. The summed E-state index contributed by atoms with van der Waals surface area (Å²) in [5, 5.41) is 12.6. The summed E-state index contributed by atoms with van der Waals surface area (Å²) in [7, 11) is 0. The van der Waals surface area contributed by atoms with Gasteiger partial charge in [0.05, 0.1) is 0 Å². The largest absolute Gasteiger partial charge is 0.417 e. The minimum absolute atomic E-state index is 0.0709. The van der Waals surface area contributed by atoms with Gasteiger partial charge in [0.2, 0.25) is 0 Å². The highest BCUT2D eigenvalue weighted by Gasteiger charge is 2.55. The molecule has 0 spiro atoms.